The fourth-order valence-electron chi connectivity index (χ4n) is 0.758. The highest BCUT2D eigenvalue weighted by molar-refractivity contribution is 5.75. The lowest BCUT2D eigenvalue weighted by Crippen LogP contribution is -2.50. The van der Waals surface area contributed by atoms with Crippen LogP contribution in [0.3, 0.4) is 0 Å². The van der Waals surface area contributed by atoms with E-state index in [2.05, 4.69) is 5.29 Å². The Labute approximate surface area is 121 Å². The van der Waals surface area contributed by atoms with Crippen LogP contribution in [0, 0.1) is 4.91 Å². The highest BCUT2D eigenvalue weighted by Crippen LogP contribution is 2.09. The molecule has 0 aliphatic heterocycles. The summed E-state index contributed by atoms with van der Waals surface area (Å²) in [6, 6.07) is 8.32. The van der Waals surface area contributed by atoms with Gasteiger partial charge in [0.1, 0.15) is 0 Å². The molecule has 1 rings (SSSR count). The third kappa shape index (κ3) is 7.86. The van der Waals surface area contributed by atoms with Crippen LogP contribution in [0.25, 0.3) is 0 Å². The Bertz CT molecular complexity index is 329. The normalized spacial score (nSPS) is 9.74. The quantitative estimate of drug-likeness (QED) is 0.241. The maximum atomic E-state index is 9.73. The number of rotatable bonds is 5. The van der Waals surface area contributed by atoms with Crippen molar-refractivity contribution in [2.75, 3.05) is 25.0 Å². The predicted octanol–water partition coefficient (Wildman–Crippen LogP) is -1.96. The van der Waals surface area contributed by atoms with Gasteiger partial charge in [-0.15, -0.1) is 10.1 Å². The third-order valence-corrected chi connectivity index (χ3v) is 2.01. The molecule has 0 fully saturated rings. The zero-order valence-electron chi connectivity index (χ0n) is 9.68. The summed E-state index contributed by atoms with van der Waals surface area (Å²) in [4.78, 5) is 9.73. The zero-order valence-corrected chi connectivity index (χ0v) is 9.68. The predicted molar refractivity (Wildman–Crippen MR) is 74.6 cm³/mol. The van der Waals surface area contributed by atoms with Crippen LogP contribution in [0.15, 0.2) is 35.6 Å². The van der Waals surface area contributed by atoms with E-state index in [1.807, 2.05) is 0 Å². The van der Waals surface area contributed by atoms with Crippen molar-refractivity contribution >= 4 is 23.0 Å². The van der Waals surface area contributed by atoms with Crippen molar-refractivity contribution in [1.82, 2.24) is 0 Å². The average Bonchev–Trinajstić information content (AvgIpc) is 2.47. The molecule has 108 valence electrons. The third-order valence-electron chi connectivity index (χ3n) is 2.01. The van der Waals surface area contributed by atoms with E-state index in [0.29, 0.717) is 5.69 Å². The van der Waals surface area contributed by atoms with E-state index in [1.54, 1.807) is 30.3 Å². The Morgan fingerprint density at radius 1 is 1.11 bits per heavy atom. The summed E-state index contributed by atoms with van der Waals surface area (Å²) < 4.78 is 0. The molecule has 0 heterocycles. The van der Waals surface area contributed by atoms with Crippen LogP contribution < -0.4 is 10.9 Å². The number of aliphatic hydroxyl groups is 3. The van der Waals surface area contributed by atoms with E-state index >= 15 is 0 Å². The standard InChI is InChI=1S/C6H6N2O2.C4H11NO3.Al.3H/c9-7-8(10)6-4-2-1-3-5-6;5-4(1-6,2-7)3-8;;;;/h1-5,10H;6-8H,1-3,5H2;;;;. The summed E-state index contributed by atoms with van der Waals surface area (Å²) >= 11 is 0. The Hall–Kier alpha value is -1.05. The van der Waals surface area contributed by atoms with Crippen LogP contribution in [0.1, 0.15) is 0 Å². The highest BCUT2D eigenvalue weighted by atomic mass is 27.0. The van der Waals surface area contributed by atoms with Crippen molar-refractivity contribution in [3.8, 4) is 0 Å². The van der Waals surface area contributed by atoms with Crippen LogP contribution >= 0.6 is 0 Å². The minimum atomic E-state index is -1.21. The molecule has 1 aromatic rings. The van der Waals surface area contributed by atoms with E-state index in [1.165, 1.54) is 0 Å². The molecule has 6 N–H and O–H groups in total. The molecular formula is C10H20AlN3O5. The lowest BCUT2D eigenvalue weighted by Gasteiger charge is -2.20. The molecule has 0 unspecified atom stereocenters. The largest absolute Gasteiger partial charge is 0.394 e. The topological polar surface area (TPSA) is 140 Å². The molecule has 0 spiro atoms. The number of anilines is 1. The maximum Gasteiger partial charge on any atom is 0.187 e. The summed E-state index contributed by atoms with van der Waals surface area (Å²) in [5.74, 6) is 0. The van der Waals surface area contributed by atoms with Gasteiger partial charge in [-0.3, -0.25) is 5.21 Å². The van der Waals surface area contributed by atoms with Crippen LogP contribution in [0.2, 0.25) is 0 Å². The molecule has 1 aromatic carbocycles. The van der Waals surface area contributed by atoms with E-state index < -0.39 is 25.4 Å². The number of nitrogens with zero attached hydrogens (tertiary/aromatic N) is 2. The second-order valence-electron chi connectivity index (χ2n) is 3.54. The minimum Gasteiger partial charge on any atom is -0.394 e. The Balaban J connectivity index is 0. The van der Waals surface area contributed by atoms with Gasteiger partial charge in [0.2, 0.25) is 0 Å². The second-order valence-corrected chi connectivity index (χ2v) is 3.54. The molecule has 0 aromatic heterocycles. The van der Waals surface area contributed by atoms with E-state index in [4.69, 9.17) is 26.3 Å². The van der Waals surface area contributed by atoms with Gasteiger partial charge in [0.25, 0.3) is 0 Å². The molecule has 0 aliphatic rings. The van der Waals surface area contributed by atoms with Crippen LogP contribution in [-0.2, 0) is 0 Å². The number of benzene rings is 1. The fraction of sp³-hybridized carbons (Fsp3) is 0.400. The Kier molecular flexibility index (Phi) is 11.6. The number of hydrogen-bond donors (Lipinski definition) is 5. The van der Waals surface area contributed by atoms with E-state index in [9.17, 15) is 4.91 Å². The number of nitrogens with two attached hydrogens (primary N) is 1. The summed E-state index contributed by atoms with van der Waals surface area (Å²) in [6.07, 6.45) is 0. The van der Waals surface area contributed by atoms with Gasteiger partial charge >= 0.3 is 0 Å². The van der Waals surface area contributed by atoms with E-state index in [-0.39, 0.29) is 22.5 Å². The van der Waals surface area contributed by atoms with Gasteiger partial charge < -0.3 is 21.1 Å². The molecule has 0 amide bonds. The molecule has 0 bridgehead atoms. The fourth-order valence-corrected chi connectivity index (χ4v) is 0.758. The van der Waals surface area contributed by atoms with Gasteiger partial charge in [0.15, 0.2) is 17.4 Å². The number of aliphatic hydroxyl groups excluding tert-OH is 3. The monoisotopic (exact) mass is 289 g/mol. The molecule has 0 radical (unpaired) electrons. The van der Waals surface area contributed by atoms with Gasteiger partial charge in [-0.25, -0.2) is 0 Å². The zero-order chi connectivity index (χ0) is 14.0. The Morgan fingerprint density at radius 3 is 1.79 bits per heavy atom. The average molecular weight is 289 g/mol. The first-order valence-electron chi connectivity index (χ1n) is 5.01. The first kappa shape index (κ1) is 20.3. The number of nitroso groups, excluding NO2 is 1. The molecule has 9 heteroatoms. The van der Waals surface area contributed by atoms with Crippen LogP contribution in [0.5, 0.6) is 0 Å². The summed E-state index contributed by atoms with van der Waals surface area (Å²) in [5.41, 5.74) is 4.30. The molecule has 0 saturated carbocycles. The second kappa shape index (κ2) is 10.8. The summed E-state index contributed by atoms with van der Waals surface area (Å²) in [6.45, 7) is -1.21. The van der Waals surface area contributed by atoms with Crippen molar-refractivity contribution in [3.05, 3.63) is 35.2 Å². The first-order valence-corrected chi connectivity index (χ1v) is 5.01. The molecular weight excluding hydrogens is 269 g/mol. The molecule has 0 saturated heterocycles. The van der Waals surface area contributed by atoms with E-state index in [0.717, 1.165) is 0 Å². The molecule has 0 atom stereocenters. The SMILES string of the molecule is NC(CO)(CO)CO.O=NN(O)c1ccccc1.[AlH3]. The lowest BCUT2D eigenvalue weighted by molar-refractivity contribution is 0.0698. The van der Waals surface area contributed by atoms with Gasteiger partial charge in [-0.05, 0) is 12.1 Å². The van der Waals surface area contributed by atoms with Gasteiger partial charge in [0, 0.05) is 0 Å². The molecule has 0 aliphatic carbocycles. The van der Waals surface area contributed by atoms with Crippen molar-refractivity contribution in [1.29, 1.82) is 0 Å². The number of para-hydroxylation sites is 1. The molecule has 8 nitrogen and oxygen atoms in total. The van der Waals surface area contributed by atoms with Gasteiger partial charge in [-0.2, -0.15) is 0 Å². The van der Waals surface area contributed by atoms with Crippen molar-refractivity contribution in [2.24, 2.45) is 11.0 Å². The lowest BCUT2D eigenvalue weighted by atomic mass is 10.1. The van der Waals surface area contributed by atoms with Crippen molar-refractivity contribution in [3.63, 3.8) is 0 Å². The summed E-state index contributed by atoms with van der Waals surface area (Å²) in [5, 5.41) is 36.3. The maximum absolute atomic E-state index is 9.73. The molecule has 19 heavy (non-hydrogen) atoms. The summed E-state index contributed by atoms with van der Waals surface area (Å²) in [7, 11) is 0. The first-order chi connectivity index (χ1) is 8.52. The van der Waals surface area contributed by atoms with Gasteiger partial charge in [0.05, 0.1) is 36.3 Å². The van der Waals surface area contributed by atoms with Crippen LogP contribution in [-0.4, -0.2) is 63.2 Å². The number of hydrogen-bond acceptors (Lipinski definition) is 7. The van der Waals surface area contributed by atoms with Gasteiger partial charge in [-0.1, -0.05) is 18.2 Å². The van der Waals surface area contributed by atoms with Crippen LogP contribution in [0.4, 0.5) is 5.69 Å². The smallest absolute Gasteiger partial charge is 0.187 e. The van der Waals surface area contributed by atoms with Crippen molar-refractivity contribution in [2.45, 2.75) is 5.54 Å². The highest BCUT2D eigenvalue weighted by Gasteiger charge is 2.20. The Morgan fingerprint density at radius 2 is 1.53 bits per heavy atom. The minimum absolute atomic E-state index is 0. The van der Waals surface area contributed by atoms with Crippen molar-refractivity contribution < 1.29 is 20.5 Å².